The van der Waals surface area contributed by atoms with Gasteiger partial charge in [0.15, 0.2) is 0 Å². The average molecular weight is 399 g/mol. The standard InChI is InChI=1S/C24H46O4/c1-3-5-7-9-10-11-12-14-16-21-28-24(27)22(19-17-20-23(25)26)18-15-13-8-6-4-2/h22H,3-21H2,1-2H3,(H,25,26). The third-order valence-corrected chi connectivity index (χ3v) is 5.42. The van der Waals surface area contributed by atoms with E-state index in [4.69, 9.17) is 9.84 Å². The molecule has 1 atom stereocenters. The van der Waals surface area contributed by atoms with Crippen LogP contribution in [0.3, 0.4) is 0 Å². The lowest BCUT2D eigenvalue weighted by Crippen LogP contribution is -2.19. The van der Waals surface area contributed by atoms with Crippen molar-refractivity contribution in [2.45, 2.75) is 129 Å². The fourth-order valence-electron chi connectivity index (χ4n) is 3.58. The first kappa shape index (κ1) is 26.9. The summed E-state index contributed by atoms with van der Waals surface area (Å²) >= 11 is 0. The van der Waals surface area contributed by atoms with Gasteiger partial charge in [0.1, 0.15) is 0 Å². The van der Waals surface area contributed by atoms with Crippen LogP contribution < -0.4 is 0 Å². The van der Waals surface area contributed by atoms with Crippen molar-refractivity contribution in [3.63, 3.8) is 0 Å². The Hall–Kier alpha value is -1.06. The molecule has 0 spiro atoms. The van der Waals surface area contributed by atoms with Crippen LogP contribution in [-0.2, 0) is 14.3 Å². The SMILES string of the molecule is CCCCCCCCCCCOC(=O)C(CCCCCCC)CCCC(=O)O. The number of esters is 1. The molecule has 4 heteroatoms. The molecule has 1 unspecified atom stereocenters. The summed E-state index contributed by atoms with van der Waals surface area (Å²) in [6, 6.07) is 0. The van der Waals surface area contributed by atoms with Gasteiger partial charge in [-0.2, -0.15) is 0 Å². The summed E-state index contributed by atoms with van der Waals surface area (Å²) in [6.45, 7) is 4.95. The molecule has 0 fully saturated rings. The van der Waals surface area contributed by atoms with Crippen molar-refractivity contribution in [1.82, 2.24) is 0 Å². The summed E-state index contributed by atoms with van der Waals surface area (Å²) in [5.74, 6) is -1.02. The van der Waals surface area contributed by atoms with E-state index in [1.165, 1.54) is 64.2 Å². The molecule has 0 heterocycles. The topological polar surface area (TPSA) is 63.6 Å². The number of hydrogen-bond donors (Lipinski definition) is 1. The minimum absolute atomic E-state index is 0.111. The Kier molecular flexibility index (Phi) is 19.9. The van der Waals surface area contributed by atoms with Crippen molar-refractivity contribution in [2.75, 3.05) is 6.61 Å². The third kappa shape index (κ3) is 18.3. The van der Waals surface area contributed by atoms with Crippen LogP contribution >= 0.6 is 0 Å². The van der Waals surface area contributed by atoms with Crippen LogP contribution in [-0.4, -0.2) is 23.7 Å². The predicted octanol–water partition coefficient (Wildman–Crippen LogP) is 7.29. The Morgan fingerprint density at radius 2 is 1.14 bits per heavy atom. The van der Waals surface area contributed by atoms with E-state index in [9.17, 15) is 9.59 Å². The number of unbranched alkanes of at least 4 members (excludes halogenated alkanes) is 12. The second-order valence-corrected chi connectivity index (χ2v) is 8.18. The highest BCUT2D eigenvalue weighted by Gasteiger charge is 2.19. The zero-order valence-electron chi connectivity index (χ0n) is 18.7. The van der Waals surface area contributed by atoms with Crippen molar-refractivity contribution in [3.8, 4) is 0 Å². The molecule has 0 bridgehead atoms. The van der Waals surface area contributed by atoms with Gasteiger partial charge in [-0.3, -0.25) is 9.59 Å². The van der Waals surface area contributed by atoms with Gasteiger partial charge < -0.3 is 9.84 Å². The zero-order chi connectivity index (χ0) is 20.9. The molecule has 0 rings (SSSR count). The summed E-state index contributed by atoms with van der Waals surface area (Å²) in [4.78, 5) is 23.1. The molecule has 1 N–H and O–H groups in total. The second-order valence-electron chi connectivity index (χ2n) is 8.18. The second kappa shape index (κ2) is 20.7. The number of ether oxygens (including phenoxy) is 1. The van der Waals surface area contributed by atoms with Crippen LogP contribution in [0.25, 0.3) is 0 Å². The largest absolute Gasteiger partial charge is 0.481 e. The summed E-state index contributed by atoms with van der Waals surface area (Å²) in [6.07, 6.45) is 19.3. The molecule has 4 nitrogen and oxygen atoms in total. The molecule has 0 aliphatic carbocycles. The number of carboxylic acid groups (broad SMARTS) is 1. The lowest BCUT2D eigenvalue weighted by Gasteiger charge is -2.16. The maximum absolute atomic E-state index is 12.4. The van der Waals surface area contributed by atoms with Crippen LogP contribution in [0.5, 0.6) is 0 Å². The molecular formula is C24H46O4. The molecule has 28 heavy (non-hydrogen) atoms. The first-order valence-corrected chi connectivity index (χ1v) is 12.0. The number of rotatable bonds is 21. The minimum Gasteiger partial charge on any atom is -0.481 e. The molecule has 0 saturated heterocycles. The number of carbonyl (C=O) groups excluding carboxylic acids is 1. The highest BCUT2D eigenvalue weighted by atomic mass is 16.5. The number of carbonyl (C=O) groups is 2. The quantitative estimate of drug-likeness (QED) is 0.163. The molecule has 0 aliphatic rings. The number of aliphatic carboxylic acids is 1. The van der Waals surface area contributed by atoms with Crippen molar-refractivity contribution < 1.29 is 19.4 Å². The zero-order valence-corrected chi connectivity index (χ0v) is 18.7. The molecule has 0 aliphatic heterocycles. The van der Waals surface area contributed by atoms with Crippen molar-refractivity contribution in [3.05, 3.63) is 0 Å². The van der Waals surface area contributed by atoms with Crippen LogP contribution in [0.4, 0.5) is 0 Å². The summed E-state index contributed by atoms with van der Waals surface area (Å²) in [7, 11) is 0. The first-order chi connectivity index (χ1) is 13.6. The van der Waals surface area contributed by atoms with Crippen LogP contribution in [0.15, 0.2) is 0 Å². The Bertz CT molecular complexity index is 368. The number of carboxylic acids is 1. The Morgan fingerprint density at radius 1 is 0.679 bits per heavy atom. The van der Waals surface area contributed by atoms with Crippen molar-refractivity contribution in [2.24, 2.45) is 5.92 Å². The van der Waals surface area contributed by atoms with Crippen LogP contribution in [0.1, 0.15) is 129 Å². The smallest absolute Gasteiger partial charge is 0.308 e. The maximum atomic E-state index is 12.4. The lowest BCUT2D eigenvalue weighted by atomic mass is 9.95. The van der Waals surface area contributed by atoms with Crippen molar-refractivity contribution in [1.29, 1.82) is 0 Å². The maximum Gasteiger partial charge on any atom is 0.308 e. The van der Waals surface area contributed by atoms with E-state index in [1.54, 1.807) is 0 Å². The summed E-state index contributed by atoms with van der Waals surface area (Å²) in [5.41, 5.74) is 0. The van der Waals surface area contributed by atoms with E-state index in [0.29, 0.717) is 19.4 Å². The molecule has 0 saturated carbocycles. The highest BCUT2D eigenvalue weighted by Crippen LogP contribution is 2.20. The van der Waals surface area contributed by atoms with E-state index in [1.807, 2.05) is 0 Å². The van der Waals surface area contributed by atoms with Gasteiger partial charge >= 0.3 is 11.9 Å². The number of hydrogen-bond acceptors (Lipinski definition) is 3. The van der Waals surface area contributed by atoms with Crippen molar-refractivity contribution >= 4 is 11.9 Å². The minimum atomic E-state index is -0.787. The Balaban J connectivity index is 3.89. The van der Waals surface area contributed by atoms with E-state index in [-0.39, 0.29) is 18.3 Å². The molecular weight excluding hydrogens is 352 g/mol. The van der Waals surface area contributed by atoms with Gasteiger partial charge in [-0.05, 0) is 25.7 Å². The Labute approximate surface area is 173 Å². The molecule has 0 aromatic rings. The summed E-state index contributed by atoms with van der Waals surface area (Å²) in [5, 5.41) is 8.83. The molecule has 166 valence electrons. The fourth-order valence-corrected chi connectivity index (χ4v) is 3.58. The predicted molar refractivity (Wildman–Crippen MR) is 117 cm³/mol. The van der Waals surface area contributed by atoms with Crippen LogP contribution in [0, 0.1) is 5.92 Å². The third-order valence-electron chi connectivity index (χ3n) is 5.42. The molecule has 0 aromatic carbocycles. The van der Waals surface area contributed by atoms with E-state index >= 15 is 0 Å². The van der Waals surface area contributed by atoms with Gasteiger partial charge in [-0.25, -0.2) is 0 Å². The Morgan fingerprint density at radius 3 is 1.68 bits per heavy atom. The van der Waals surface area contributed by atoms with Gasteiger partial charge in [0.25, 0.3) is 0 Å². The first-order valence-electron chi connectivity index (χ1n) is 12.0. The molecule has 0 radical (unpaired) electrons. The highest BCUT2D eigenvalue weighted by molar-refractivity contribution is 5.72. The normalized spacial score (nSPS) is 12.1. The van der Waals surface area contributed by atoms with Gasteiger partial charge in [0.2, 0.25) is 0 Å². The van der Waals surface area contributed by atoms with Gasteiger partial charge in [0, 0.05) is 6.42 Å². The summed E-state index contributed by atoms with van der Waals surface area (Å²) < 4.78 is 5.51. The van der Waals surface area contributed by atoms with E-state index < -0.39 is 5.97 Å². The molecule has 0 aromatic heterocycles. The average Bonchev–Trinajstić information content (AvgIpc) is 2.67. The van der Waals surface area contributed by atoms with Gasteiger partial charge in [0.05, 0.1) is 12.5 Å². The van der Waals surface area contributed by atoms with Crippen LogP contribution in [0.2, 0.25) is 0 Å². The monoisotopic (exact) mass is 398 g/mol. The fraction of sp³-hybridized carbons (Fsp3) is 0.917. The van der Waals surface area contributed by atoms with Gasteiger partial charge in [-0.15, -0.1) is 0 Å². The lowest BCUT2D eigenvalue weighted by molar-refractivity contribution is -0.149. The molecule has 0 amide bonds. The van der Waals surface area contributed by atoms with Gasteiger partial charge in [-0.1, -0.05) is 97.3 Å². The van der Waals surface area contributed by atoms with E-state index in [2.05, 4.69) is 13.8 Å². The van der Waals surface area contributed by atoms with E-state index in [0.717, 1.165) is 32.1 Å².